The molecule has 0 saturated heterocycles. The monoisotopic (exact) mass is 327 g/mol. The number of aliphatic carboxylic acids is 1. The van der Waals surface area contributed by atoms with Crippen LogP contribution in [0.5, 0.6) is 0 Å². The molecule has 0 fully saturated rings. The highest BCUT2D eigenvalue weighted by Crippen LogP contribution is 2.24. The molecule has 1 heterocycles. The number of benzene rings is 1. The largest absolute Gasteiger partial charge is 0.478 e. The number of H-pyrrole nitrogens is 1. The highest BCUT2D eigenvalue weighted by molar-refractivity contribution is 7.92. The van der Waals surface area contributed by atoms with E-state index in [9.17, 15) is 13.2 Å². The van der Waals surface area contributed by atoms with Crippen LogP contribution in [0.2, 0.25) is 5.02 Å². The van der Waals surface area contributed by atoms with Gasteiger partial charge in [-0.2, -0.15) is 0 Å². The fraction of sp³-hybridized carbons (Fsp3) is 0. The van der Waals surface area contributed by atoms with E-state index in [0.29, 0.717) is 5.56 Å². The standard InChI is InChI=1S/C12H10ClN3O4S/c13-9-7-8(2-4-11(17)18)1-3-10(9)21(19,20)16-12-14-5-6-15-12/h1-7H,(H,17,18)(H2,14,15,16). The van der Waals surface area contributed by atoms with Gasteiger partial charge in [0.1, 0.15) is 4.90 Å². The minimum Gasteiger partial charge on any atom is -0.478 e. The first-order chi connectivity index (χ1) is 9.88. The minimum atomic E-state index is -3.88. The van der Waals surface area contributed by atoms with Gasteiger partial charge in [-0.15, -0.1) is 0 Å². The number of hydrogen-bond donors (Lipinski definition) is 3. The summed E-state index contributed by atoms with van der Waals surface area (Å²) in [5.41, 5.74) is 0.472. The number of nitrogens with zero attached hydrogens (tertiary/aromatic N) is 1. The Bertz CT molecular complexity index is 785. The second-order valence-corrected chi connectivity index (χ2v) is 5.96. The van der Waals surface area contributed by atoms with E-state index in [1.165, 1.54) is 36.7 Å². The number of rotatable bonds is 5. The van der Waals surface area contributed by atoms with E-state index in [4.69, 9.17) is 16.7 Å². The zero-order chi connectivity index (χ0) is 15.5. The molecule has 110 valence electrons. The first kappa shape index (κ1) is 15.1. The van der Waals surface area contributed by atoms with Crippen molar-refractivity contribution in [3.05, 3.63) is 47.3 Å². The maximum atomic E-state index is 12.1. The summed E-state index contributed by atoms with van der Waals surface area (Å²) < 4.78 is 26.5. The smallest absolute Gasteiger partial charge is 0.328 e. The molecule has 0 amide bonds. The van der Waals surface area contributed by atoms with E-state index in [-0.39, 0.29) is 15.9 Å². The van der Waals surface area contributed by atoms with Crippen LogP contribution in [0, 0.1) is 0 Å². The maximum Gasteiger partial charge on any atom is 0.328 e. The Morgan fingerprint density at radius 2 is 2.19 bits per heavy atom. The van der Waals surface area contributed by atoms with Gasteiger partial charge < -0.3 is 10.1 Å². The van der Waals surface area contributed by atoms with Crippen molar-refractivity contribution in [1.82, 2.24) is 9.97 Å². The third-order valence-corrected chi connectivity index (χ3v) is 4.21. The molecule has 9 heteroatoms. The summed E-state index contributed by atoms with van der Waals surface area (Å²) in [4.78, 5) is 16.7. The van der Waals surface area contributed by atoms with Gasteiger partial charge in [0, 0.05) is 18.5 Å². The van der Waals surface area contributed by atoms with Gasteiger partial charge in [-0.3, -0.25) is 0 Å². The molecule has 1 aromatic carbocycles. The number of aromatic nitrogens is 2. The van der Waals surface area contributed by atoms with E-state index in [1.807, 2.05) is 0 Å². The van der Waals surface area contributed by atoms with Crippen molar-refractivity contribution in [1.29, 1.82) is 0 Å². The van der Waals surface area contributed by atoms with Gasteiger partial charge in [0.2, 0.25) is 5.95 Å². The number of sulfonamides is 1. The third-order valence-electron chi connectivity index (χ3n) is 2.39. The fourth-order valence-corrected chi connectivity index (χ4v) is 3.04. The van der Waals surface area contributed by atoms with Crippen LogP contribution in [0.4, 0.5) is 5.95 Å². The lowest BCUT2D eigenvalue weighted by atomic mass is 10.2. The van der Waals surface area contributed by atoms with E-state index in [1.54, 1.807) is 0 Å². The molecule has 3 N–H and O–H groups in total. The van der Waals surface area contributed by atoms with Crippen molar-refractivity contribution in [2.24, 2.45) is 0 Å². The van der Waals surface area contributed by atoms with Crippen molar-refractivity contribution in [3.63, 3.8) is 0 Å². The number of hydrogen-bond acceptors (Lipinski definition) is 4. The number of carboxylic acids is 1. The fourth-order valence-electron chi connectivity index (χ4n) is 1.51. The van der Waals surface area contributed by atoms with Gasteiger partial charge >= 0.3 is 5.97 Å². The minimum absolute atomic E-state index is 0.0263. The summed E-state index contributed by atoms with van der Waals surface area (Å²) in [5.74, 6) is -1.04. The molecule has 0 spiro atoms. The lowest BCUT2D eigenvalue weighted by Gasteiger charge is -2.07. The van der Waals surface area contributed by atoms with Crippen LogP contribution < -0.4 is 4.72 Å². The molecule has 0 saturated carbocycles. The molecular formula is C12H10ClN3O4S. The Morgan fingerprint density at radius 1 is 1.43 bits per heavy atom. The zero-order valence-electron chi connectivity index (χ0n) is 10.4. The van der Waals surface area contributed by atoms with Gasteiger partial charge in [0.25, 0.3) is 10.0 Å². The topological polar surface area (TPSA) is 112 Å². The van der Waals surface area contributed by atoms with E-state index < -0.39 is 16.0 Å². The average molecular weight is 328 g/mol. The van der Waals surface area contributed by atoms with Crippen LogP contribution >= 0.6 is 11.6 Å². The second-order valence-electron chi connectivity index (χ2n) is 3.90. The van der Waals surface area contributed by atoms with Gasteiger partial charge in [-0.1, -0.05) is 17.7 Å². The van der Waals surface area contributed by atoms with E-state index in [2.05, 4.69) is 14.7 Å². The van der Waals surface area contributed by atoms with Crippen LogP contribution in [-0.2, 0) is 14.8 Å². The summed E-state index contributed by atoms with van der Waals surface area (Å²) in [6.07, 6.45) is 5.12. The molecule has 2 aromatic rings. The summed E-state index contributed by atoms with van der Waals surface area (Å²) >= 11 is 5.94. The highest BCUT2D eigenvalue weighted by Gasteiger charge is 2.19. The number of carbonyl (C=O) groups is 1. The van der Waals surface area contributed by atoms with Crippen molar-refractivity contribution < 1.29 is 18.3 Å². The summed E-state index contributed by atoms with van der Waals surface area (Å²) in [5, 5.41) is 8.51. The molecule has 0 radical (unpaired) electrons. The predicted molar refractivity (Wildman–Crippen MR) is 77.5 cm³/mol. The molecule has 2 rings (SSSR count). The SMILES string of the molecule is O=C(O)C=Cc1ccc(S(=O)(=O)Nc2ncc[nH]2)c(Cl)c1. The lowest BCUT2D eigenvalue weighted by molar-refractivity contribution is -0.131. The van der Waals surface area contributed by atoms with Gasteiger partial charge in [0.15, 0.2) is 0 Å². The Hall–Kier alpha value is -2.32. The number of aromatic amines is 1. The first-order valence-corrected chi connectivity index (χ1v) is 7.47. The van der Waals surface area contributed by atoms with Gasteiger partial charge in [-0.05, 0) is 23.8 Å². The predicted octanol–water partition coefficient (Wildman–Crippen LogP) is 1.96. The number of nitrogens with one attached hydrogen (secondary N) is 2. The summed E-state index contributed by atoms with van der Waals surface area (Å²) in [6.45, 7) is 0. The molecule has 0 aliphatic rings. The van der Waals surface area contributed by atoms with E-state index in [0.717, 1.165) is 6.08 Å². The number of halogens is 1. The maximum absolute atomic E-state index is 12.1. The Balaban J connectivity index is 2.30. The Kier molecular flexibility index (Phi) is 4.29. The zero-order valence-corrected chi connectivity index (χ0v) is 12.0. The van der Waals surface area contributed by atoms with Crippen LogP contribution in [-0.4, -0.2) is 29.5 Å². The molecular weight excluding hydrogens is 318 g/mol. The van der Waals surface area contributed by atoms with Crippen molar-refractivity contribution in [2.45, 2.75) is 4.90 Å². The highest BCUT2D eigenvalue weighted by atomic mass is 35.5. The van der Waals surface area contributed by atoms with Crippen LogP contribution in [0.15, 0.2) is 41.6 Å². The second kappa shape index (κ2) is 5.98. The molecule has 0 unspecified atom stereocenters. The molecule has 0 aliphatic carbocycles. The van der Waals surface area contributed by atoms with E-state index >= 15 is 0 Å². The van der Waals surface area contributed by atoms with Crippen LogP contribution in [0.3, 0.4) is 0 Å². The van der Waals surface area contributed by atoms with Crippen molar-refractivity contribution in [2.75, 3.05) is 4.72 Å². The molecule has 1 aromatic heterocycles. The average Bonchev–Trinajstić information content (AvgIpc) is 2.88. The molecule has 21 heavy (non-hydrogen) atoms. The quantitative estimate of drug-likeness (QED) is 0.727. The van der Waals surface area contributed by atoms with Gasteiger partial charge in [-0.25, -0.2) is 22.9 Å². The molecule has 0 aliphatic heterocycles. The normalized spacial score (nSPS) is 11.7. The van der Waals surface area contributed by atoms with Crippen LogP contribution in [0.1, 0.15) is 5.56 Å². The number of carboxylic acid groups (broad SMARTS) is 1. The molecule has 0 atom stereocenters. The first-order valence-electron chi connectivity index (χ1n) is 5.61. The molecule has 7 nitrogen and oxygen atoms in total. The van der Waals surface area contributed by atoms with Crippen molar-refractivity contribution in [3.8, 4) is 0 Å². The van der Waals surface area contributed by atoms with Gasteiger partial charge in [0.05, 0.1) is 5.02 Å². The Morgan fingerprint density at radius 3 is 2.76 bits per heavy atom. The number of imidazole rings is 1. The van der Waals surface area contributed by atoms with Crippen LogP contribution in [0.25, 0.3) is 6.08 Å². The third kappa shape index (κ3) is 3.83. The lowest BCUT2D eigenvalue weighted by Crippen LogP contribution is -2.14. The van der Waals surface area contributed by atoms with Crippen molar-refractivity contribution >= 4 is 39.6 Å². The molecule has 0 bridgehead atoms. The Labute approximate surface area is 125 Å². The summed E-state index contributed by atoms with van der Waals surface area (Å²) in [6, 6.07) is 4.09. The summed E-state index contributed by atoms with van der Waals surface area (Å²) in [7, 11) is -3.88. The number of anilines is 1.